The Morgan fingerprint density at radius 1 is 0.862 bits per heavy atom. The van der Waals surface area contributed by atoms with Crippen LogP contribution in [0.1, 0.15) is 54.5 Å². The van der Waals surface area contributed by atoms with Gasteiger partial charge in [0.2, 0.25) is 0 Å². The third-order valence-corrected chi connectivity index (χ3v) is 6.02. The van der Waals surface area contributed by atoms with Crippen LogP contribution >= 0.6 is 0 Å². The predicted octanol–water partition coefficient (Wildman–Crippen LogP) is 5.74. The third-order valence-electron chi connectivity index (χ3n) is 6.02. The summed E-state index contributed by atoms with van der Waals surface area (Å²) in [5, 5.41) is 9.26. The number of hydrogen-bond donors (Lipinski definition) is 0. The van der Waals surface area contributed by atoms with E-state index >= 15 is 0 Å². The maximum atomic E-state index is 9.26. The van der Waals surface area contributed by atoms with Gasteiger partial charge in [-0.05, 0) is 48.2 Å². The lowest BCUT2D eigenvalue weighted by molar-refractivity contribution is 0.137. The summed E-state index contributed by atoms with van der Waals surface area (Å²) in [6.07, 6.45) is 8.75. The van der Waals surface area contributed by atoms with Crippen LogP contribution in [0.4, 0.5) is 0 Å². The lowest BCUT2D eigenvalue weighted by Crippen LogP contribution is -2.36. The van der Waals surface area contributed by atoms with Gasteiger partial charge in [-0.3, -0.25) is 4.90 Å². The molecule has 148 valence electrons. The molecule has 0 unspecified atom stereocenters. The Hall–Kier alpha value is -2.83. The minimum absolute atomic E-state index is 0.620. The van der Waals surface area contributed by atoms with Crippen molar-refractivity contribution in [1.29, 1.82) is 5.26 Å². The zero-order valence-electron chi connectivity index (χ0n) is 17.0. The Bertz CT molecular complexity index is 945. The number of hydrogen-bond acceptors (Lipinski definition) is 2. The van der Waals surface area contributed by atoms with Gasteiger partial charge in [-0.1, -0.05) is 61.7 Å². The first kappa shape index (κ1) is 19.5. The van der Waals surface area contributed by atoms with E-state index in [4.69, 9.17) is 0 Å². The molecule has 0 bridgehead atoms. The quantitative estimate of drug-likeness (QED) is 0.521. The Kier molecular flexibility index (Phi) is 6.44. The lowest BCUT2D eigenvalue weighted by Gasteiger charge is -2.34. The fourth-order valence-corrected chi connectivity index (χ4v) is 4.47. The number of benzene rings is 2. The summed E-state index contributed by atoms with van der Waals surface area (Å²) in [5.74, 6) is 0. The molecule has 0 spiro atoms. The monoisotopic (exact) mass is 383 g/mol. The Morgan fingerprint density at radius 3 is 2.45 bits per heavy atom. The van der Waals surface area contributed by atoms with E-state index in [1.165, 1.54) is 48.9 Å². The molecule has 3 nitrogen and oxygen atoms in total. The van der Waals surface area contributed by atoms with Crippen molar-refractivity contribution in [2.24, 2.45) is 0 Å². The highest BCUT2D eigenvalue weighted by Crippen LogP contribution is 2.26. The van der Waals surface area contributed by atoms with Gasteiger partial charge in [0.05, 0.1) is 11.6 Å². The number of aromatic nitrogens is 1. The molecular weight excluding hydrogens is 354 g/mol. The zero-order valence-corrected chi connectivity index (χ0v) is 17.0. The Balaban J connectivity index is 1.54. The van der Waals surface area contributed by atoms with Crippen LogP contribution in [0.2, 0.25) is 0 Å². The van der Waals surface area contributed by atoms with Crippen molar-refractivity contribution in [2.45, 2.75) is 57.8 Å². The average molecular weight is 384 g/mol. The van der Waals surface area contributed by atoms with Crippen LogP contribution in [-0.4, -0.2) is 15.5 Å². The largest absolute Gasteiger partial charge is 0.346 e. The molecule has 0 N–H and O–H groups in total. The van der Waals surface area contributed by atoms with Gasteiger partial charge in [-0.2, -0.15) is 5.26 Å². The van der Waals surface area contributed by atoms with Gasteiger partial charge in [-0.25, -0.2) is 0 Å². The van der Waals surface area contributed by atoms with E-state index in [-0.39, 0.29) is 0 Å². The molecule has 1 aliphatic carbocycles. The van der Waals surface area contributed by atoms with Gasteiger partial charge in [0.15, 0.2) is 0 Å². The second-order valence-corrected chi connectivity index (χ2v) is 8.12. The molecule has 0 radical (unpaired) electrons. The lowest BCUT2D eigenvalue weighted by atomic mass is 9.93. The number of nitriles is 1. The summed E-state index contributed by atoms with van der Waals surface area (Å²) in [6, 6.07) is 26.1. The van der Waals surface area contributed by atoms with Gasteiger partial charge in [-0.15, -0.1) is 0 Å². The van der Waals surface area contributed by atoms with Gasteiger partial charge >= 0.3 is 0 Å². The Morgan fingerprint density at radius 2 is 1.66 bits per heavy atom. The van der Waals surface area contributed by atoms with E-state index in [2.05, 4.69) is 70.3 Å². The molecule has 0 aliphatic heterocycles. The van der Waals surface area contributed by atoms with Crippen LogP contribution in [0.25, 0.3) is 0 Å². The molecule has 3 aromatic rings. The average Bonchev–Trinajstić information content (AvgIpc) is 3.21. The van der Waals surface area contributed by atoms with E-state index in [0.717, 1.165) is 25.2 Å². The SMILES string of the molecule is N#Cc1cccc(CN(Cc2cccn2Cc2ccccc2)C2CCCCC2)c1. The molecule has 0 atom stereocenters. The summed E-state index contributed by atoms with van der Waals surface area (Å²) in [7, 11) is 0. The summed E-state index contributed by atoms with van der Waals surface area (Å²) >= 11 is 0. The smallest absolute Gasteiger partial charge is 0.0991 e. The summed E-state index contributed by atoms with van der Waals surface area (Å²) in [5.41, 5.74) is 4.67. The van der Waals surface area contributed by atoms with Crippen LogP contribution in [0.15, 0.2) is 72.9 Å². The van der Waals surface area contributed by atoms with E-state index in [1.54, 1.807) is 0 Å². The topological polar surface area (TPSA) is 32.0 Å². The van der Waals surface area contributed by atoms with Crippen LogP contribution in [0, 0.1) is 11.3 Å². The van der Waals surface area contributed by atoms with E-state index < -0.39 is 0 Å². The molecule has 4 rings (SSSR count). The van der Waals surface area contributed by atoms with Gasteiger partial charge in [0, 0.05) is 37.6 Å². The molecule has 1 aliphatic rings. The van der Waals surface area contributed by atoms with E-state index in [0.29, 0.717) is 6.04 Å². The first-order chi connectivity index (χ1) is 14.3. The molecular formula is C26H29N3. The first-order valence-corrected chi connectivity index (χ1v) is 10.7. The van der Waals surface area contributed by atoms with Crippen LogP contribution in [0.5, 0.6) is 0 Å². The molecule has 1 fully saturated rings. The highest BCUT2D eigenvalue weighted by molar-refractivity contribution is 5.32. The van der Waals surface area contributed by atoms with Gasteiger partial charge in [0.25, 0.3) is 0 Å². The van der Waals surface area contributed by atoms with Crippen molar-refractivity contribution in [3.8, 4) is 6.07 Å². The molecule has 29 heavy (non-hydrogen) atoms. The fourth-order valence-electron chi connectivity index (χ4n) is 4.47. The fraction of sp³-hybridized carbons (Fsp3) is 0.346. The van der Waals surface area contributed by atoms with Gasteiger partial charge in [0.1, 0.15) is 0 Å². The molecule has 1 aromatic heterocycles. The third kappa shape index (κ3) is 5.16. The number of rotatable bonds is 7. The standard InChI is InChI=1S/C26H29N3/c27-18-23-11-7-12-24(17-23)20-29(25-13-5-2-6-14-25)21-26-15-8-16-28(26)19-22-9-3-1-4-10-22/h1,3-4,7-12,15-17,25H,2,5-6,13-14,19-21H2. The normalized spacial score (nSPS) is 14.8. The zero-order chi connectivity index (χ0) is 19.9. The molecule has 2 aromatic carbocycles. The summed E-state index contributed by atoms with van der Waals surface area (Å²) in [4.78, 5) is 2.63. The summed E-state index contributed by atoms with van der Waals surface area (Å²) < 4.78 is 2.37. The van der Waals surface area contributed by atoms with E-state index in [9.17, 15) is 5.26 Å². The molecule has 1 heterocycles. The van der Waals surface area contributed by atoms with Crippen molar-refractivity contribution in [3.63, 3.8) is 0 Å². The van der Waals surface area contributed by atoms with Crippen molar-refractivity contribution in [2.75, 3.05) is 0 Å². The van der Waals surface area contributed by atoms with E-state index in [1.807, 2.05) is 18.2 Å². The predicted molar refractivity (Wildman–Crippen MR) is 117 cm³/mol. The minimum atomic E-state index is 0.620. The van der Waals surface area contributed by atoms with Crippen molar-refractivity contribution in [1.82, 2.24) is 9.47 Å². The summed E-state index contributed by atoms with van der Waals surface area (Å²) in [6.45, 7) is 2.75. The molecule has 3 heteroatoms. The maximum Gasteiger partial charge on any atom is 0.0991 e. The Labute approximate surface area is 174 Å². The van der Waals surface area contributed by atoms with Crippen molar-refractivity contribution in [3.05, 3.63) is 95.3 Å². The highest BCUT2D eigenvalue weighted by Gasteiger charge is 2.22. The van der Waals surface area contributed by atoms with Crippen molar-refractivity contribution >= 4 is 0 Å². The molecule has 0 amide bonds. The van der Waals surface area contributed by atoms with Gasteiger partial charge < -0.3 is 4.57 Å². The molecule has 1 saturated carbocycles. The number of nitrogens with zero attached hydrogens (tertiary/aromatic N) is 3. The van der Waals surface area contributed by atoms with Crippen molar-refractivity contribution < 1.29 is 0 Å². The van der Waals surface area contributed by atoms with Crippen LogP contribution < -0.4 is 0 Å². The second-order valence-electron chi connectivity index (χ2n) is 8.12. The second kappa shape index (κ2) is 9.58. The highest BCUT2D eigenvalue weighted by atomic mass is 15.2. The first-order valence-electron chi connectivity index (χ1n) is 10.7. The minimum Gasteiger partial charge on any atom is -0.346 e. The van der Waals surface area contributed by atoms with Crippen LogP contribution in [0.3, 0.4) is 0 Å². The maximum absolute atomic E-state index is 9.26. The molecule has 0 saturated heterocycles. The van der Waals surface area contributed by atoms with Crippen LogP contribution in [-0.2, 0) is 19.6 Å².